The molecule has 0 saturated carbocycles. The Morgan fingerprint density at radius 1 is 1.14 bits per heavy atom. The molecule has 6 heteroatoms. The molecule has 186 valence electrons. The summed E-state index contributed by atoms with van der Waals surface area (Å²) in [5, 5.41) is 2.18. The molecular weight excluding hydrogens is 502 g/mol. The molecule has 0 radical (unpaired) electrons. The number of hydroxylamine groups is 2. The lowest BCUT2D eigenvalue weighted by Crippen LogP contribution is -2.42. The zero-order chi connectivity index (χ0) is 25.0. The maximum Gasteiger partial charge on any atom is 0.127 e. The van der Waals surface area contributed by atoms with Crippen molar-refractivity contribution in [2.24, 2.45) is 5.41 Å². The smallest absolute Gasteiger partial charge is 0.127 e. The van der Waals surface area contributed by atoms with Crippen molar-refractivity contribution in [2.45, 2.75) is 72.6 Å². The third-order valence-corrected chi connectivity index (χ3v) is 8.28. The van der Waals surface area contributed by atoms with E-state index in [9.17, 15) is 0 Å². The van der Waals surface area contributed by atoms with E-state index in [1.807, 2.05) is 12.3 Å². The van der Waals surface area contributed by atoms with Crippen molar-refractivity contribution in [3.05, 3.63) is 58.0 Å². The van der Waals surface area contributed by atoms with Gasteiger partial charge in [0.25, 0.3) is 0 Å². The summed E-state index contributed by atoms with van der Waals surface area (Å²) in [5.74, 6) is 0.896. The number of aromatic nitrogens is 2. The normalized spacial score (nSPS) is 18.0. The summed E-state index contributed by atoms with van der Waals surface area (Å²) in [7, 11) is 1.75. The highest BCUT2D eigenvalue weighted by Gasteiger charge is 2.34. The van der Waals surface area contributed by atoms with Crippen LogP contribution in [0.2, 0.25) is 0 Å². The molecule has 0 atom stereocenters. The third-order valence-electron chi connectivity index (χ3n) is 7.43. The van der Waals surface area contributed by atoms with Crippen LogP contribution in [-0.2, 0) is 30.8 Å². The van der Waals surface area contributed by atoms with Crippen molar-refractivity contribution in [2.75, 3.05) is 13.7 Å². The molecule has 0 aliphatic carbocycles. The monoisotopic (exact) mass is 537 g/mol. The topological polar surface area (TPSA) is 39.5 Å². The van der Waals surface area contributed by atoms with Gasteiger partial charge in [0, 0.05) is 52.2 Å². The van der Waals surface area contributed by atoms with E-state index in [-0.39, 0.29) is 11.0 Å². The standard InChI is InChI=1S/C29H36BrN3O2/c1-28(2,3)33-13-10-29(4,5)16-23-24(18-35-33)32-12-9-19-14-25(34-6)21(20-8-7-11-31-17-20)15-22(19)27(32)26(23)30/h7-8,11,14-15,17H,9-10,12-13,16,18H2,1-6H3. The fourth-order valence-electron chi connectivity index (χ4n) is 5.44. The molecule has 0 fully saturated rings. The summed E-state index contributed by atoms with van der Waals surface area (Å²) in [6.07, 6.45) is 6.77. The number of benzene rings is 1. The molecule has 5 rings (SSSR count). The number of pyridine rings is 1. The van der Waals surface area contributed by atoms with Gasteiger partial charge < -0.3 is 9.30 Å². The number of ether oxygens (including phenoxy) is 1. The van der Waals surface area contributed by atoms with Gasteiger partial charge in [0.05, 0.1) is 18.5 Å². The van der Waals surface area contributed by atoms with Crippen LogP contribution in [0, 0.1) is 5.41 Å². The maximum atomic E-state index is 6.51. The first-order valence-electron chi connectivity index (χ1n) is 12.5. The molecule has 4 heterocycles. The van der Waals surface area contributed by atoms with E-state index in [0.717, 1.165) is 49.2 Å². The second-order valence-corrected chi connectivity index (χ2v) is 12.4. The zero-order valence-electron chi connectivity index (χ0n) is 21.7. The number of nitrogens with zero attached hydrogens (tertiary/aromatic N) is 3. The van der Waals surface area contributed by atoms with Crippen molar-refractivity contribution in [3.8, 4) is 28.1 Å². The highest BCUT2D eigenvalue weighted by atomic mass is 79.9. The molecular formula is C29H36BrN3O2. The van der Waals surface area contributed by atoms with Gasteiger partial charge in [-0.2, -0.15) is 5.06 Å². The fourth-order valence-corrected chi connectivity index (χ4v) is 6.24. The van der Waals surface area contributed by atoms with E-state index in [1.54, 1.807) is 13.3 Å². The van der Waals surface area contributed by atoms with Crippen molar-refractivity contribution in [1.82, 2.24) is 14.6 Å². The average Bonchev–Trinajstić information content (AvgIpc) is 3.11. The lowest BCUT2D eigenvalue weighted by atomic mass is 9.82. The van der Waals surface area contributed by atoms with E-state index in [2.05, 4.69) is 83.4 Å². The molecule has 0 unspecified atom stereocenters. The summed E-state index contributed by atoms with van der Waals surface area (Å²) >= 11 is 4.07. The van der Waals surface area contributed by atoms with E-state index in [1.165, 1.54) is 32.6 Å². The van der Waals surface area contributed by atoms with Crippen LogP contribution in [0.3, 0.4) is 0 Å². The largest absolute Gasteiger partial charge is 0.496 e. The second-order valence-electron chi connectivity index (χ2n) is 11.6. The van der Waals surface area contributed by atoms with Gasteiger partial charge in [-0.05, 0) is 90.7 Å². The Labute approximate surface area is 217 Å². The Balaban J connectivity index is 1.67. The average molecular weight is 539 g/mol. The van der Waals surface area contributed by atoms with Crippen LogP contribution in [0.5, 0.6) is 5.75 Å². The number of hydrogen-bond acceptors (Lipinski definition) is 4. The molecule has 2 aliphatic rings. The lowest BCUT2D eigenvalue weighted by Gasteiger charge is -2.36. The minimum atomic E-state index is -0.0447. The number of fused-ring (bicyclic) bond motifs is 5. The lowest BCUT2D eigenvalue weighted by molar-refractivity contribution is -0.222. The van der Waals surface area contributed by atoms with Crippen molar-refractivity contribution >= 4 is 15.9 Å². The molecule has 0 saturated heterocycles. The first-order valence-corrected chi connectivity index (χ1v) is 13.3. The van der Waals surface area contributed by atoms with Crippen LogP contribution >= 0.6 is 15.9 Å². The predicted octanol–water partition coefficient (Wildman–Crippen LogP) is 7.05. The van der Waals surface area contributed by atoms with E-state index < -0.39 is 0 Å². The Hall–Kier alpha value is -2.15. The molecule has 1 aromatic carbocycles. The van der Waals surface area contributed by atoms with E-state index in [4.69, 9.17) is 9.57 Å². The third kappa shape index (κ3) is 4.56. The molecule has 0 spiro atoms. The van der Waals surface area contributed by atoms with Gasteiger partial charge in [-0.25, -0.2) is 0 Å². The fraction of sp³-hybridized carbons (Fsp3) is 0.483. The van der Waals surface area contributed by atoms with Crippen LogP contribution in [0.4, 0.5) is 0 Å². The predicted molar refractivity (Wildman–Crippen MR) is 144 cm³/mol. The van der Waals surface area contributed by atoms with E-state index in [0.29, 0.717) is 6.61 Å². The Bertz CT molecular complexity index is 1240. The highest BCUT2D eigenvalue weighted by Crippen LogP contribution is 2.47. The van der Waals surface area contributed by atoms with Crippen LogP contribution in [-0.4, -0.2) is 33.8 Å². The summed E-state index contributed by atoms with van der Waals surface area (Å²) in [6, 6.07) is 8.56. The van der Waals surface area contributed by atoms with Gasteiger partial charge in [-0.3, -0.25) is 9.82 Å². The number of rotatable bonds is 2. The SMILES string of the molecule is COc1cc2c(cc1-c1cccnc1)-c1c(Br)c3c(n1CC2)CON(C(C)(C)C)CCC(C)(C)C3. The highest BCUT2D eigenvalue weighted by molar-refractivity contribution is 9.10. The Morgan fingerprint density at radius 2 is 1.94 bits per heavy atom. The van der Waals surface area contributed by atoms with Crippen molar-refractivity contribution in [1.29, 1.82) is 0 Å². The quantitative estimate of drug-likeness (QED) is 0.351. The summed E-state index contributed by atoms with van der Waals surface area (Å²) < 4.78 is 9.51. The van der Waals surface area contributed by atoms with Gasteiger partial charge in [-0.15, -0.1) is 0 Å². The van der Waals surface area contributed by atoms with Crippen LogP contribution in [0.15, 0.2) is 41.1 Å². The van der Waals surface area contributed by atoms with E-state index >= 15 is 0 Å². The van der Waals surface area contributed by atoms with Crippen molar-refractivity contribution in [3.63, 3.8) is 0 Å². The van der Waals surface area contributed by atoms with Gasteiger partial charge in [-0.1, -0.05) is 19.9 Å². The van der Waals surface area contributed by atoms with Crippen molar-refractivity contribution < 1.29 is 9.57 Å². The maximum absolute atomic E-state index is 6.51. The number of hydrogen-bond donors (Lipinski definition) is 0. The number of aryl methyl sites for hydroxylation is 1. The van der Waals surface area contributed by atoms with Gasteiger partial charge >= 0.3 is 0 Å². The second kappa shape index (κ2) is 9.06. The number of halogens is 1. The number of methoxy groups -OCH3 is 1. The first kappa shape index (κ1) is 24.5. The van der Waals surface area contributed by atoms with Crippen LogP contribution in [0.1, 0.15) is 57.9 Å². The summed E-state index contributed by atoms with van der Waals surface area (Å²) in [4.78, 5) is 10.9. The van der Waals surface area contributed by atoms with Gasteiger partial charge in [0.15, 0.2) is 0 Å². The summed E-state index contributed by atoms with van der Waals surface area (Å²) in [6.45, 7) is 13.9. The molecule has 2 aromatic heterocycles. The molecule has 0 bridgehead atoms. The van der Waals surface area contributed by atoms with Gasteiger partial charge in [0.1, 0.15) is 12.4 Å². The summed E-state index contributed by atoms with van der Waals surface area (Å²) in [5.41, 5.74) is 8.76. The molecule has 3 aromatic rings. The zero-order valence-corrected chi connectivity index (χ0v) is 23.3. The molecule has 0 N–H and O–H groups in total. The molecule has 5 nitrogen and oxygen atoms in total. The molecule has 2 aliphatic heterocycles. The van der Waals surface area contributed by atoms with Crippen LogP contribution < -0.4 is 4.74 Å². The Kier molecular flexibility index (Phi) is 6.35. The Morgan fingerprint density at radius 3 is 2.63 bits per heavy atom. The molecule has 35 heavy (non-hydrogen) atoms. The minimum Gasteiger partial charge on any atom is -0.496 e. The minimum absolute atomic E-state index is 0.0447. The first-order chi connectivity index (χ1) is 16.6. The molecule has 0 amide bonds. The van der Waals surface area contributed by atoms with Gasteiger partial charge in [0.2, 0.25) is 0 Å². The van der Waals surface area contributed by atoms with Crippen LogP contribution in [0.25, 0.3) is 22.4 Å².